The van der Waals surface area contributed by atoms with Crippen molar-refractivity contribution in [2.45, 2.75) is 5.54 Å². The molecule has 186 valence electrons. The summed E-state index contributed by atoms with van der Waals surface area (Å²) in [4.78, 5) is 42.3. The van der Waals surface area contributed by atoms with Gasteiger partial charge in [0, 0.05) is 37.7 Å². The van der Waals surface area contributed by atoms with E-state index in [9.17, 15) is 14.4 Å². The van der Waals surface area contributed by atoms with Crippen LogP contribution >= 0.6 is 11.6 Å². The second-order valence-electron chi connectivity index (χ2n) is 8.19. The molecular weight excluding hydrogens is 476 g/mol. The molecule has 10 nitrogen and oxygen atoms in total. The maximum atomic E-state index is 13.2. The van der Waals surface area contributed by atoms with Crippen molar-refractivity contribution in [2.75, 3.05) is 52.5 Å². The van der Waals surface area contributed by atoms with Crippen LogP contribution in [0.1, 0.15) is 5.56 Å². The summed E-state index contributed by atoms with van der Waals surface area (Å²) in [6.07, 6.45) is 0. The summed E-state index contributed by atoms with van der Waals surface area (Å²) in [7, 11) is 0. The maximum Gasteiger partial charge on any atom is 0.328 e. The molecular formula is C24H27ClN4O6. The number of barbiturate groups is 1. The number of nitrogens with zero attached hydrogens (tertiary/aromatic N) is 2. The fraction of sp³-hybridized carbons (Fsp3) is 0.375. The first-order chi connectivity index (χ1) is 16.9. The molecule has 4 rings (SSSR count). The number of hydrogen-bond donors (Lipinski definition) is 3. The van der Waals surface area contributed by atoms with Gasteiger partial charge in [0.05, 0.1) is 19.8 Å². The number of urea groups is 1. The molecule has 2 heterocycles. The zero-order valence-electron chi connectivity index (χ0n) is 19.0. The van der Waals surface area contributed by atoms with E-state index in [2.05, 4.69) is 15.5 Å². The number of nitrogens with one attached hydrogen (secondary N) is 2. The maximum absolute atomic E-state index is 13.2. The Hall–Kier alpha value is -3.02. The Morgan fingerprint density at radius 1 is 0.857 bits per heavy atom. The van der Waals surface area contributed by atoms with Gasteiger partial charge in [0.2, 0.25) is 5.54 Å². The fourth-order valence-electron chi connectivity index (χ4n) is 4.32. The van der Waals surface area contributed by atoms with Crippen molar-refractivity contribution in [1.29, 1.82) is 0 Å². The Labute approximate surface area is 207 Å². The van der Waals surface area contributed by atoms with Crippen molar-refractivity contribution < 1.29 is 29.0 Å². The van der Waals surface area contributed by atoms with Crippen LogP contribution in [0.2, 0.25) is 5.02 Å². The number of benzene rings is 2. The highest BCUT2D eigenvalue weighted by molar-refractivity contribution is 6.30. The van der Waals surface area contributed by atoms with Crippen LogP contribution < -0.4 is 15.4 Å². The summed E-state index contributed by atoms with van der Waals surface area (Å²) in [5.41, 5.74) is -1.25. The van der Waals surface area contributed by atoms with E-state index < -0.39 is 23.4 Å². The van der Waals surface area contributed by atoms with E-state index in [1.165, 1.54) is 0 Å². The van der Waals surface area contributed by atoms with Crippen molar-refractivity contribution >= 4 is 29.4 Å². The number of carbonyl (C=O) groups excluding carboxylic acids is 3. The average molecular weight is 503 g/mol. The van der Waals surface area contributed by atoms with E-state index in [1.807, 2.05) is 0 Å². The Morgan fingerprint density at radius 3 is 2.00 bits per heavy atom. The molecule has 2 aliphatic heterocycles. The van der Waals surface area contributed by atoms with Gasteiger partial charge in [-0.3, -0.25) is 30.0 Å². The molecule has 2 fully saturated rings. The largest absolute Gasteiger partial charge is 0.457 e. The quantitative estimate of drug-likeness (QED) is 0.347. The summed E-state index contributed by atoms with van der Waals surface area (Å²) in [5.74, 6) is -0.254. The van der Waals surface area contributed by atoms with Gasteiger partial charge in [0.1, 0.15) is 11.5 Å². The monoisotopic (exact) mass is 502 g/mol. The lowest BCUT2D eigenvalue weighted by Crippen LogP contribution is -2.72. The molecule has 0 radical (unpaired) electrons. The number of piperazine rings is 1. The molecule has 2 aromatic rings. The minimum Gasteiger partial charge on any atom is -0.457 e. The van der Waals surface area contributed by atoms with Crippen LogP contribution in [0.4, 0.5) is 4.79 Å². The highest BCUT2D eigenvalue weighted by Gasteiger charge is 2.56. The van der Waals surface area contributed by atoms with Crippen molar-refractivity contribution in [3.8, 4) is 11.5 Å². The molecule has 35 heavy (non-hydrogen) atoms. The number of imide groups is 2. The number of halogens is 1. The smallest absolute Gasteiger partial charge is 0.328 e. The second-order valence-corrected chi connectivity index (χ2v) is 8.63. The van der Waals surface area contributed by atoms with E-state index in [0.717, 1.165) is 0 Å². The molecule has 3 N–H and O–H groups in total. The molecule has 2 aliphatic rings. The second kappa shape index (κ2) is 11.1. The third-order valence-corrected chi connectivity index (χ3v) is 6.32. The minimum atomic E-state index is -1.69. The number of aliphatic hydroxyl groups is 1. The molecule has 0 saturated carbocycles. The number of rotatable bonds is 9. The van der Waals surface area contributed by atoms with Crippen LogP contribution in [-0.4, -0.2) is 85.3 Å². The molecule has 0 atom stereocenters. The summed E-state index contributed by atoms with van der Waals surface area (Å²) in [6, 6.07) is 12.7. The number of hydrogen-bond acceptors (Lipinski definition) is 8. The Balaban J connectivity index is 1.54. The predicted molar refractivity (Wildman–Crippen MR) is 127 cm³/mol. The van der Waals surface area contributed by atoms with Crippen molar-refractivity contribution in [3.05, 3.63) is 59.1 Å². The zero-order valence-corrected chi connectivity index (χ0v) is 19.8. The van der Waals surface area contributed by atoms with Gasteiger partial charge in [-0.15, -0.1) is 0 Å². The first kappa shape index (κ1) is 25.1. The Kier molecular flexibility index (Phi) is 7.99. The molecule has 2 saturated heterocycles. The van der Waals surface area contributed by atoms with Crippen LogP contribution in [0.15, 0.2) is 48.5 Å². The third kappa shape index (κ3) is 5.47. The SMILES string of the molecule is O=C1NC(=O)C(c2ccc(Oc3ccc(Cl)cc3)cc2)(N2CCN(CCOCCO)CC2)C(=O)N1. The molecule has 11 heteroatoms. The van der Waals surface area contributed by atoms with Crippen molar-refractivity contribution in [1.82, 2.24) is 20.4 Å². The minimum absolute atomic E-state index is 0.0250. The van der Waals surface area contributed by atoms with Crippen molar-refractivity contribution in [3.63, 3.8) is 0 Å². The third-order valence-electron chi connectivity index (χ3n) is 6.07. The highest BCUT2D eigenvalue weighted by Crippen LogP contribution is 2.34. The Morgan fingerprint density at radius 2 is 1.43 bits per heavy atom. The highest BCUT2D eigenvalue weighted by atomic mass is 35.5. The number of amides is 4. The van der Waals surface area contributed by atoms with Crippen LogP contribution in [0.3, 0.4) is 0 Å². The molecule has 0 spiro atoms. The first-order valence-electron chi connectivity index (χ1n) is 11.3. The lowest BCUT2D eigenvalue weighted by Gasteiger charge is -2.46. The van der Waals surface area contributed by atoms with Gasteiger partial charge >= 0.3 is 6.03 Å². The van der Waals surface area contributed by atoms with Crippen molar-refractivity contribution in [2.24, 2.45) is 0 Å². The molecule has 2 aromatic carbocycles. The van der Waals surface area contributed by atoms with Gasteiger partial charge in [-0.2, -0.15) is 0 Å². The van der Waals surface area contributed by atoms with Gasteiger partial charge < -0.3 is 14.6 Å². The standard InChI is InChI=1S/C24H27ClN4O6/c25-18-3-7-20(8-4-18)35-19-5-1-17(2-6-19)24(21(31)26-23(33)27-22(24)32)29-11-9-28(10-12-29)13-15-34-16-14-30/h1-8,30H,9-16H2,(H2,26,27,31,32,33). The van der Waals surface area contributed by atoms with E-state index in [0.29, 0.717) is 61.4 Å². The first-order valence-corrected chi connectivity index (χ1v) is 11.7. The van der Waals surface area contributed by atoms with Crippen LogP contribution in [0.5, 0.6) is 11.5 Å². The van der Waals surface area contributed by atoms with Crippen LogP contribution in [-0.2, 0) is 19.9 Å². The van der Waals surface area contributed by atoms with Gasteiger partial charge in [-0.05, 0) is 42.0 Å². The summed E-state index contributed by atoms with van der Waals surface area (Å²) < 4.78 is 11.2. The zero-order chi connectivity index (χ0) is 24.8. The lowest BCUT2D eigenvalue weighted by atomic mass is 9.84. The molecule has 4 amide bonds. The lowest BCUT2D eigenvalue weighted by molar-refractivity contribution is -0.150. The van der Waals surface area contributed by atoms with E-state index in [1.54, 1.807) is 53.4 Å². The number of ether oxygens (including phenoxy) is 2. The summed E-state index contributed by atoms with van der Waals surface area (Å²) in [6.45, 7) is 3.49. The normalized spacial score (nSPS) is 18.7. The molecule has 0 unspecified atom stereocenters. The molecule has 0 aliphatic carbocycles. The van der Waals surface area contributed by atoms with Crippen LogP contribution in [0, 0.1) is 0 Å². The molecule has 0 bridgehead atoms. The summed E-state index contributed by atoms with van der Waals surface area (Å²) in [5, 5.41) is 14.0. The van der Waals surface area contributed by atoms with Gasteiger partial charge in [0.15, 0.2) is 0 Å². The number of carbonyl (C=O) groups is 3. The van der Waals surface area contributed by atoms with E-state index in [-0.39, 0.29) is 13.2 Å². The number of aliphatic hydroxyl groups excluding tert-OH is 1. The predicted octanol–water partition coefficient (Wildman–Crippen LogP) is 1.32. The average Bonchev–Trinajstić information content (AvgIpc) is 2.85. The summed E-state index contributed by atoms with van der Waals surface area (Å²) >= 11 is 5.92. The van der Waals surface area contributed by atoms with E-state index >= 15 is 0 Å². The van der Waals surface area contributed by atoms with Gasteiger partial charge in [0.25, 0.3) is 11.8 Å². The fourth-order valence-corrected chi connectivity index (χ4v) is 4.45. The van der Waals surface area contributed by atoms with Gasteiger partial charge in [-0.1, -0.05) is 23.7 Å². The molecule has 0 aromatic heterocycles. The topological polar surface area (TPSA) is 120 Å². The van der Waals surface area contributed by atoms with Crippen LogP contribution in [0.25, 0.3) is 0 Å². The van der Waals surface area contributed by atoms with E-state index in [4.69, 9.17) is 26.2 Å². The van der Waals surface area contributed by atoms with Gasteiger partial charge in [-0.25, -0.2) is 4.79 Å². The Bertz CT molecular complexity index is 1030.